The maximum atomic E-state index is 5.44. The van der Waals surface area contributed by atoms with Gasteiger partial charge in [-0.1, -0.05) is 0 Å². The Morgan fingerprint density at radius 1 is 1.24 bits per heavy atom. The van der Waals surface area contributed by atoms with Gasteiger partial charge >= 0.3 is 0 Å². The molecule has 0 aromatic rings. The molecule has 1 atom stereocenters. The summed E-state index contributed by atoms with van der Waals surface area (Å²) in [4.78, 5) is 2.73. The smallest absolute Gasteiger partial charge is 0.0478 e. The Bertz CT molecular complexity index is 204. The zero-order chi connectivity index (χ0) is 11.9. The van der Waals surface area contributed by atoms with Crippen molar-refractivity contribution in [1.82, 2.24) is 10.2 Å². The van der Waals surface area contributed by atoms with E-state index in [9.17, 15) is 0 Å². The number of nitrogens with one attached hydrogen (secondary N) is 1. The Balaban J connectivity index is 1.72. The van der Waals surface area contributed by atoms with Crippen LogP contribution in [0.3, 0.4) is 0 Å². The standard InChI is InChI=1S/C14H28N2O/c1-2-17-12-4-11-16-10-3-5-14(16)13-6-8-15-9-7-13/h13-15H,2-12H2,1H3. The van der Waals surface area contributed by atoms with Crippen molar-refractivity contribution in [2.45, 2.75) is 45.1 Å². The van der Waals surface area contributed by atoms with Crippen molar-refractivity contribution < 1.29 is 4.74 Å². The van der Waals surface area contributed by atoms with Crippen LogP contribution >= 0.6 is 0 Å². The molecule has 2 heterocycles. The summed E-state index contributed by atoms with van der Waals surface area (Å²) in [6.07, 6.45) is 6.80. The molecule has 2 fully saturated rings. The zero-order valence-electron chi connectivity index (χ0n) is 11.3. The highest BCUT2D eigenvalue weighted by Gasteiger charge is 2.31. The summed E-state index contributed by atoms with van der Waals surface area (Å²) in [6, 6.07) is 0.874. The summed E-state index contributed by atoms with van der Waals surface area (Å²) in [5.41, 5.74) is 0. The molecule has 2 saturated heterocycles. The monoisotopic (exact) mass is 240 g/mol. The molecule has 3 heteroatoms. The lowest BCUT2D eigenvalue weighted by molar-refractivity contribution is 0.115. The topological polar surface area (TPSA) is 24.5 Å². The van der Waals surface area contributed by atoms with Crippen LogP contribution in [-0.2, 0) is 4.74 Å². The van der Waals surface area contributed by atoms with E-state index in [1.54, 1.807) is 0 Å². The van der Waals surface area contributed by atoms with Crippen molar-refractivity contribution in [3.05, 3.63) is 0 Å². The number of piperidine rings is 1. The highest BCUT2D eigenvalue weighted by atomic mass is 16.5. The number of rotatable bonds is 6. The van der Waals surface area contributed by atoms with Crippen molar-refractivity contribution >= 4 is 0 Å². The molecule has 0 aliphatic carbocycles. The SMILES string of the molecule is CCOCCCN1CCCC1C1CCNCC1. The highest BCUT2D eigenvalue weighted by Crippen LogP contribution is 2.29. The molecule has 0 spiro atoms. The van der Waals surface area contributed by atoms with Gasteiger partial charge in [-0.3, -0.25) is 0 Å². The van der Waals surface area contributed by atoms with Gasteiger partial charge in [0.1, 0.15) is 0 Å². The van der Waals surface area contributed by atoms with Gasteiger partial charge in [-0.25, -0.2) is 0 Å². The maximum absolute atomic E-state index is 5.44. The number of likely N-dealkylation sites (tertiary alicyclic amines) is 1. The molecule has 0 aromatic carbocycles. The van der Waals surface area contributed by atoms with Crippen LogP contribution in [0, 0.1) is 5.92 Å². The Morgan fingerprint density at radius 3 is 2.82 bits per heavy atom. The van der Waals surface area contributed by atoms with Crippen LogP contribution in [0.25, 0.3) is 0 Å². The molecule has 2 rings (SSSR count). The van der Waals surface area contributed by atoms with Gasteiger partial charge in [-0.2, -0.15) is 0 Å². The quantitative estimate of drug-likeness (QED) is 0.717. The summed E-state index contributed by atoms with van der Waals surface area (Å²) >= 11 is 0. The van der Waals surface area contributed by atoms with Crippen LogP contribution in [0.4, 0.5) is 0 Å². The van der Waals surface area contributed by atoms with E-state index in [0.29, 0.717) is 0 Å². The summed E-state index contributed by atoms with van der Waals surface area (Å²) in [5.74, 6) is 0.950. The van der Waals surface area contributed by atoms with Crippen LogP contribution in [-0.4, -0.2) is 50.3 Å². The van der Waals surface area contributed by atoms with Gasteiger partial charge in [0.25, 0.3) is 0 Å². The second kappa shape index (κ2) is 7.34. The van der Waals surface area contributed by atoms with E-state index >= 15 is 0 Å². The summed E-state index contributed by atoms with van der Waals surface area (Å²) in [5, 5.41) is 3.47. The van der Waals surface area contributed by atoms with E-state index in [1.807, 2.05) is 0 Å². The number of hydrogen-bond acceptors (Lipinski definition) is 3. The molecular weight excluding hydrogens is 212 g/mol. The van der Waals surface area contributed by atoms with E-state index in [2.05, 4.69) is 17.1 Å². The number of nitrogens with zero attached hydrogens (tertiary/aromatic N) is 1. The van der Waals surface area contributed by atoms with E-state index in [0.717, 1.165) is 25.2 Å². The molecule has 2 aliphatic rings. The molecule has 0 aromatic heterocycles. The summed E-state index contributed by atoms with van der Waals surface area (Å²) < 4.78 is 5.44. The lowest BCUT2D eigenvalue weighted by Gasteiger charge is -2.34. The van der Waals surface area contributed by atoms with Crippen molar-refractivity contribution in [1.29, 1.82) is 0 Å². The minimum atomic E-state index is 0.859. The van der Waals surface area contributed by atoms with Gasteiger partial charge < -0.3 is 15.0 Å². The molecule has 3 nitrogen and oxygen atoms in total. The highest BCUT2D eigenvalue weighted by molar-refractivity contribution is 4.87. The molecule has 1 N–H and O–H groups in total. The average Bonchev–Trinajstić information content (AvgIpc) is 2.84. The first-order valence-corrected chi connectivity index (χ1v) is 7.44. The predicted octanol–water partition coefficient (Wildman–Crippen LogP) is 1.88. The first kappa shape index (κ1) is 13.3. The predicted molar refractivity (Wildman–Crippen MR) is 71.3 cm³/mol. The van der Waals surface area contributed by atoms with E-state index in [-0.39, 0.29) is 0 Å². The van der Waals surface area contributed by atoms with Crippen LogP contribution in [0.15, 0.2) is 0 Å². The van der Waals surface area contributed by atoms with E-state index in [1.165, 1.54) is 58.3 Å². The van der Waals surface area contributed by atoms with Gasteiger partial charge in [-0.05, 0) is 64.6 Å². The van der Waals surface area contributed by atoms with Gasteiger partial charge in [0.15, 0.2) is 0 Å². The lowest BCUT2D eigenvalue weighted by atomic mass is 9.88. The largest absolute Gasteiger partial charge is 0.382 e. The van der Waals surface area contributed by atoms with Crippen LogP contribution in [0.1, 0.15) is 39.0 Å². The van der Waals surface area contributed by atoms with Gasteiger partial charge in [-0.15, -0.1) is 0 Å². The normalized spacial score (nSPS) is 27.7. The van der Waals surface area contributed by atoms with Crippen molar-refractivity contribution in [3.8, 4) is 0 Å². The third-order valence-corrected chi connectivity index (χ3v) is 4.28. The van der Waals surface area contributed by atoms with Gasteiger partial charge in [0.2, 0.25) is 0 Å². The Morgan fingerprint density at radius 2 is 2.06 bits per heavy atom. The van der Waals surface area contributed by atoms with Gasteiger partial charge in [0.05, 0.1) is 0 Å². The minimum absolute atomic E-state index is 0.859. The Hall–Kier alpha value is -0.120. The second-order valence-corrected chi connectivity index (χ2v) is 5.38. The molecule has 1 unspecified atom stereocenters. The molecule has 2 aliphatic heterocycles. The van der Waals surface area contributed by atoms with E-state index in [4.69, 9.17) is 4.74 Å². The fourth-order valence-electron chi connectivity index (χ4n) is 3.41. The number of hydrogen-bond donors (Lipinski definition) is 1. The second-order valence-electron chi connectivity index (χ2n) is 5.38. The fraction of sp³-hybridized carbons (Fsp3) is 1.00. The molecule has 17 heavy (non-hydrogen) atoms. The number of ether oxygens (including phenoxy) is 1. The molecule has 0 bridgehead atoms. The minimum Gasteiger partial charge on any atom is -0.382 e. The van der Waals surface area contributed by atoms with Crippen molar-refractivity contribution in [2.24, 2.45) is 5.92 Å². The van der Waals surface area contributed by atoms with Crippen molar-refractivity contribution in [3.63, 3.8) is 0 Å². The van der Waals surface area contributed by atoms with Crippen LogP contribution in [0.5, 0.6) is 0 Å². The fourth-order valence-corrected chi connectivity index (χ4v) is 3.41. The zero-order valence-corrected chi connectivity index (χ0v) is 11.3. The first-order valence-electron chi connectivity index (χ1n) is 7.44. The van der Waals surface area contributed by atoms with E-state index < -0.39 is 0 Å². The molecule has 0 amide bonds. The van der Waals surface area contributed by atoms with Gasteiger partial charge in [0, 0.05) is 25.8 Å². The summed E-state index contributed by atoms with van der Waals surface area (Å²) in [7, 11) is 0. The Labute approximate surface area is 106 Å². The van der Waals surface area contributed by atoms with Crippen LogP contribution in [0.2, 0.25) is 0 Å². The molecule has 0 saturated carbocycles. The molecule has 0 radical (unpaired) electrons. The first-order chi connectivity index (χ1) is 8.42. The third-order valence-electron chi connectivity index (χ3n) is 4.28. The van der Waals surface area contributed by atoms with Crippen LogP contribution < -0.4 is 5.32 Å². The maximum Gasteiger partial charge on any atom is 0.0478 e. The lowest BCUT2D eigenvalue weighted by Crippen LogP contribution is -2.41. The molecule has 100 valence electrons. The van der Waals surface area contributed by atoms with Crippen molar-refractivity contribution in [2.75, 3.05) is 39.4 Å². The average molecular weight is 240 g/mol. The molecular formula is C14H28N2O. The Kier molecular flexibility index (Phi) is 5.75. The third kappa shape index (κ3) is 3.94. The summed E-state index contributed by atoms with van der Waals surface area (Å²) in [6.45, 7) is 8.90.